The van der Waals surface area contributed by atoms with Crippen molar-refractivity contribution < 1.29 is 9.13 Å². The van der Waals surface area contributed by atoms with E-state index in [1.165, 1.54) is 6.07 Å². The van der Waals surface area contributed by atoms with Gasteiger partial charge in [-0.2, -0.15) is 0 Å². The molecule has 0 aliphatic heterocycles. The van der Waals surface area contributed by atoms with Gasteiger partial charge in [-0.15, -0.1) is 11.3 Å². The van der Waals surface area contributed by atoms with Gasteiger partial charge in [-0.25, -0.2) is 4.39 Å². The number of hydrogen-bond donors (Lipinski definition) is 0. The summed E-state index contributed by atoms with van der Waals surface area (Å²) in [5.74, 6) is -0.00857. The van der Waals surface area contributed by atoms with E-state index in [1.54, 1.807) is 23.5 Å². The maximum atomic E-state index is 13.3. The molecule has 0 N–H and O–H groups in total. The first-order chi connectivity index (χ1) is 7.65. The quantitative estimate of drug-likeness (QED) is 0.809. The fraction of sp³-hybridized carbons (Fsp3) is 0.167. The minimum Gasteiger partial charge on any atom is -0.485 e. The molecule has 0 bridgehead atoms. The molecule has 0 saturated heterocycles. The molecular formula is C12H10BrFOS. The summed E-state index contributed by atoms with van der Waals surface area (Å²) in [4.78, 5) is 1.06. The van der Waals surface area contributed by atoms with E-state index in [4.69, 9.17) is 4.74 Å². The highest BCUT2D eigenvalue weighted by Gasteiger charge is 2.04. The molecule has 84 valence electrons. The van der Waals surface area contributed by atoms with Crippen molar-refractivity contribution in [1.29, 1.82) is 0 Å². The van der Waals surface area contributed by atoms with Crippen LogP contribution < -0.4 is 4.74 Å². The van der Waals surface area contributed by atoms with Gasteiger partial charge in [0.2, 0.25) is 0 Å². The van der Waals surface area contributed by atoms with Crippen molar-refractivity contribution in [1.82, 2.24) is 0 Å². The fourth-order valence-corrected chi connectivity index (χ4v) is 2.66. The first-order valence-electron chi connectivity index (χ1n) is 4.77. The highest BCUT2D eigenvalue weighted by Crippen LogP contribution is 2.23. The van der Waals surface area contributed by atoms with E-state index < -0.39 is 0 Å². The molecule has 0 radical (unpaired) electrons. The monoisotopic (exact) mass is 300 g/mol. The van der Waals surface area contributed by atoms with E-state index in [0.29, 0.717) is 12.4 Å². The Kier molecular flexibility index (Phi) is 3.61. The molecular weight excluding hydrogens is 291 g/mol. The first-order valence-corrected chi connectivity index (χ1v) is 6.44. The Morgan fingerprint density at radius 2 is 2.19 bits per heavy atom. The number of benzene rings is 1. The van der Waals surface area contributed by atoms with Crippen LogP contribution in [0.1, 0.15) is 10.4 Å². The maximum absolute atomic E-state index is 13.3. The van der Waals surface area contributed by atoms with E-state index in [1.807, 2.05) is 18.4 Å². The van der Waals surface area contributed by atoms with Crippen molar-refractivity contribution in [3.05, 3.63) is 50.4 Å². The third-order valence-corrected chi connectivity index (χ3v) is 3.75. The first kappa shape index (κ1) is 11.6. The van der Waals surface area contributed by atoms with Crippen LogP contribution in [0, 0.1) is 12.7 Å². The van der Waals surface area contributed by atoms with Gasteiger partial charge in [0.05, 0.1) is 0 Å². The van der Waals surface area contributed by atoms with Crippen molar-refractivity contribution >= 4 is 27.3 Å². The Morgan fingerprint density at radius 1 is 1.38 bits per heavy atom. The summed E-state index contributed by atoms with van der Waals surface area (Å²) in [6.45, 7) is 2.31. The lowest BCUT2D eigenvalue weighted by Crippen LogP contribution is -1.95. The molecule has 1 nitrogen and oxygen atoms in total. The Labute approximate surface area is 106 Å². The van der Waals surface area contributed by atoms with E-state index in [9.17, 15) is 4.39 Å². The Balaban J connectivity index is 2.07. The average Bonchev–Trinajstić information content (AvgIpc) is 2.66. The van der Waals surface area contributed by atoms with Gasteiger partial charge in [-0.3, -0.25) is 0 Å². The number of halogens is 2. The van der Waals surface area contributed by atoms with Crippen molar-refractivity contribution in [3.63, 3.8) is 0 Å². The summed E-state index contributed by atoms with van der Waals surface area (Å²) < 4.78 is 19.8. The second-order valence-electron chi connectivity index (χ2n) is 3.45. The van der Waals surface area contributed by atoms with Gasteiger partial charge < -0.3 is 4.74 Å². The van der Waals surface area contributed by atoms with Crippen LogP contribution in [-0.2, 0) is 6.61 Å². The van der Waals surface area contributed by atoms with Crippen molar-refractivity contribution in [2.24, 2.45) is 0 Å². The van der Waals surface area contributed by atoms with Gasteiger partial charge >= 0.3 is 0 Å². The van der Waals surface area contributed by atoms with E-state index >= 15 is 0 Å². The third-order valence-electron chi connectivity index (χ3n) is 2.08. The van der Waals surface area contributed by atoms with Crippen LogP contribution in [0.4, 0.5) is 4.39 Å². The standard InChI is InChI=1S/C12H10BrFOS/c1-8-2-3-11(14)12(4-8)15-6-10-5-9(13)7-16-10/h2-5,7H,6H2,1H3. The molecule has 1 aromatic heterocycles. The highest BCUT2D eigenvalue weighted by molar-refractivity contribution is 9.10. The normalized spacial score (nSPS) is 10.4. The lowest BCUT2D eigenvalue weighted by Gasteiger charge is -2.06. The summed E-state index contributed by atoms with van der Waals surface area (Å²) >= 11 is 4.95. The summed E-state index contributed by atoms with van der Waals surface area (Å²) in [6.07, 6.45) is 0. The highest BCUT2D eigenvalue weighted by atomic mass is 79.9. The van der Waals surface area contributed by atoms with Gasteiger partial charge in [0.15, 0.2) is 11.6 Å². The van der Waals surface area contributed by atoms with Crippen LogP contribution in [0.25, 0.3) is 0 Å². The predicted molar refractivity (Wildman–Crippen MR) is 67.5 cm³/mol. The Hall–Kier alpha value is -0.870. The van der Waals surface area contributed by atoms with Crippen LogP contribution in [0.3, 0.4) is 0 Å². The molecule has 1 aromatic carbocycles. The second-order valence-corrected chi connectivity index (χ2v) is 5.37. The molecule has 0 amide bonds. The van der Waals surface area contributed by atoms with Crippen molar-refractivity contribution in [2.45, 2.75) is 13.5 Å². The van der Waals surface area contributed by atoms with Crippen LogP contribution in [-0.4, -0.2) is 0 Å². The van der Waals surface area contributed by atoms with Gasteiger partial charge in [0.1, 0.15) is 6.61 Å². The molecule has 0 atom stereocenters. The molecule has 4 heteroatoms. The van der Waals surface area contributed by atoms with Crippen LogP contribution in [0.15, 0.2) is 34.1 Å². The summed E-state index contributed by atoms with van der Waals surface area (Å²) in [5, 5.41) is 1.98. The predicted octanol–water partition coefficient (Wildman–Crippen LogP) is 4.54. The molecule has 0 fully saturated rings. The number of hydrogen-bond acceptors (Lipinski definition) is 2. The minimum atomic E-state index is -0.318. The number of rotatable bonds is 3. The smallest absolute Gasteiger partial charge is 0.165 e. The largest absolute Gasteiger partial charge is 0.485 e. The maximum Gasteiger partial charge on any atom is 0.165 e. The molecule has 16 heavy (non-hydrogen) atoms. The second kappa shape index (κ2) is 4.97. The van der Waals surface area contributed by atoms with E-state index in [0.717, 1.165) is 14.9 Å². The molecule has 2 aromatic rings. The zero-order valence-electron chi connectivity index (χ0n) is 8.67. The number of ether oxygens (including phenoxy) is 1. The van der Waals surface area contributed by atoms with Crippen LogP contribution >= 0.6 is 27.3 Å². The van der Waals surface area contributed by atoms with Crippen molar-refractivity contribution in [2.75, 3.05) is 0 Å². The van der Waals surface area contributed by atoms with E-state index in [2.05, 4.69) is 15.9 Å². The molecule has 2 rings (SSSR count). The topological polar surface area (TPSA) is 9.23 Å². The number of thiophene rings is 1. The minimum absolute atomic E-state index is 0.310. The zero-order chi connectivity index (χ0) is 11.5. The summed E-state index contributed by atoms with van der Waals surface area (Å²) in [7, 11) is 0. The van der Waals surface area contributed by atoms with Gasteiger partial charge in [0.25, 0.3) is 0 Å². The third kappa shape index (κ3) is 2.83. The molecule has 1 heterocycles. The van der Waals surface area contributed by atoms with Gasteiger partial charge in [-0.1, -0.05) is 6.07 Å². The zero-order valence-corrected chi connectivity index (χ0v) is 11.1. The average molecular weight is 301 g/mol. The fourth-order valence-electron chi connectivity index (χ4n) is 1.30. The molecule has 0 aliphatic rings. The molecule has 0 unspecified atom stereocenters. The van der Waals surface area contributed by atoms with Gasteiger partial charge in [-0.05, 0) is 46.6 Å². The van der Waals surface area contributed by atoms with Crippen LogP contribution in [0.2, 0.25) is 0 Å². The van der Waals surface area contributed by atoms with Gasteiger partial charge in [0, 0.05) is 14.7 Å². The molecule has 0 aliphatic carbocycles. The van der Waals surface area contributed by atoms with Crippen LogP contribution in [0.5, 0.6) is 5.75 Å². The SMILES string of the molecule is Cc1ccc(F)c(OCc2cc(Br)cs2)c1. The lowest BCUT2D eigenvalue weighted by atomic mass is 10.2. The molecule has 0 spiro atoms. The summed E-state index contributed by atoms with van der Waals surface area (Å²) in [5.41, 5.74) is 0.990. The lowest BCUT2D eigenvalue weighted by molar-refractivity contribution is 0.293. The van der Waals surface area contributed by atoms with Crippen molar-refractivity contribution in [3.8, 4) is 5.75 Å². The Morgan fingerprint density at radius 3 is 2.88 bits per heavy atom. The molecule has 0 saturated carbocycles. The Bertz CT molecular complexity index is 496. The van der Waals surface area contributed by atoms with E-state index in [-0.39, 0.29) is 5.82 Å². The summed E-state index contributed by atoms with van der Waals surface area (Å²) in [6, 6.07) is 6.83. The number of aryl methyl sites for hydroxylation is 1.